The second-order valence-electron chi connectivity index (χ2n) is 7.07. The zero-order chi connectivity index (χ0) is 19.6. The van der Waals surface area contributed by atoms with Crippen LogP contribution in [0.5, 0.6) is 0 Å². The van der Waals surface area contributed by atoms with Crippen molar-refractivity contribution in [1.82, 2.24) is 10.2 Å². The first kappa shape index (κ1) is 17.8. The number of alkyl halides is 3. The second kappa shape index (κ2) is 5.68. The van der Waals surface area contributed by atoms with Crippen molar-refractivity contribution in [1.29, 1.82) is 0 Å². The molecule has 1 amide bonds. The molecular weight excluding hydrogens is 357 g/mol. The molecule has 3 heterocycles. The minimum absolute atomic E-state index is 0.178. The zero-order valence-electron chi connectivity index (χ0n) is 15.2. The fourth-order valence-corrected chi connectivity index (χ4v) is 4.35. The zero-order valence-corrected chi connectivity index (χ0v) is 15.2. The van der Waals surface area contributed by atoms with E-state index in [1.54, 1.807) is 18.0 Å². The highest BCUT2D eigenvalue weighted by Crippen LogP contribution is 2.52. The Kier molecular flexibility index (Phi) is 3.73. The molecule has 0 fully saturated rings. The molecule has 0 bridgehead atoms. The molecule has 4 rings (SSSR count). The Bertz CT molecular complexity index is 931. The van der Waals surface area contributed by atoms with Gasteiger partial charge in [0.15, 0.2) is 5.82 Å². The van der Waals surface area contributed by atoms with Crippen LogP contribution < -0.4 is 5.32 Å². The van der Waals surface area contributed by atoms with Gasteiger partial charge in [-0.1, -0.05) is 25.1 Å². The molecule has 1 aromatic carbocycles. The highest BCUT2D eigenvalue weighted by molar-refractivity contribution is 6.01. The lowest BCUT2D eigenvalue weighted by atomic mass is 9.64. The number of halogens is 3. The third-order valence-corrected chi connectivity index (χ3v) is 5.90. The third-order valence-electron chi connectivity index (χ3n) is 5.90. The van der Waals surface area contributed by atoms with Gasteiger partial charge in [0.2, 0.25) is 0 Å². The Morgan fingerprint density at radius 1 is 1.37 bits per heavy atom. The molecule has 8 heteroatoms. The van der Waals surface area contributed by atoms with Gasteiger partial charge >= 0.3 is 6.18 Å². The first-order chi connectivity index (χ1) is 12.7. The highest BCUT2D eigenvalue weighted by Gasteiger charge is 2.53. The number of nitrogens with zero attached hydrogens (tertiary/aromatic N) is 3. The van der Waals surface area contributed by atoms with Gasteiger partial charge in [0.1, 0.15) is 0 Å². The summed E-state index contributed by atoms with van der Waals surface area (Å²) in [6.45, 7) is 4.03. The number of carbonyl (C=O) groups excluding carboxylic acids is 1. The molecule has 0 unspecified atom stereocenters. The Labute approximate surface area is 154 Å². The monoisotopic (exact) mass is 376 g/mol. The van der Waals surface area contributed by atoms with E-state index in [0.29, 0.717) is 29.1 Å². The average Bonchev–Trinajstić information content (AvgIpc) is 3.20. The number of hydrogen-bond acceptors (Lipinski definition) is 4. The van der Waals surface area contributed by atoms with Gasteiger partial charge in [-0.25, -0.2) is 0 Å². The molecule has 0 spiro atoms. The molecule has 0 aromatic heterocycles. The Balaban J connectivity index is 2.00. The van der Waals surface area contributed by atoms with Gasteiger partial charge in [-0.3, -0.25) is 4.79 Å². The number of amides is 1. The van der Waals surface area contributed by atoms with Crippen LogP contribution in [-0.2, 0) is 16.4 Å². The molecular formula is C19H19F3N4O. The molecule has 142 valence electrons. The minimum atomic E-state index is -4.46. The van der Waals surface area contributed by atoms with Gasteiger partial charge in [-0.05, 0) is 25.0 Å². The lowest BCUT2D eigenvalue weighted by Crippen LogP contribution is -2.41. The molecule has 27 heavy (non-hydrogen) atoms. The molecule has 0 radical (unpaired) electrons. The van der Waals surface area contributed by atoms with Crippen molar-refractivity contribution in [3.8, 4) is 0 Å². The number of carbonyl (C=O) groups is 1. The van der Waals surface area contributed by atoms with E-state index < -0.39 is 17.2 Å². The van der Waals surface area contributed by atoms with Gasteiger partial charge in [0.25, 0.3) is 5.91 Å². The van der Waals surface area contributed by atoms with E-state index in [0.717, 1.165) is 17.7 Å². The van der Waals surface area contributed by atoms with Crippen molar-refractivity contribution in [2.75, 3.05) is 13.6 Å². The first-order valence-corrected chi connectivity index (χ1v) is 8.79. The van der Waals surface area contributed by atoms with Gasteiger partial charge in [-0.2, -0.15) is 18.3 Å². The van der Waals surface area contributed by atoms with Crippen LogP contribution in [0.4, 0.5) is 13.2 Å². The van der Waals surface area contributed by atoms with Crippen LogP contribution in [0, 0.1) is 0 Å². The number of rotatable bonds is 2. The average molecular weight is 376 g/mol. The van der Waals surface area contributed by atoms with Crippen LogP contribution in [0.15, 0.2) is 57.2 Å². The molecule has 0 aliphatic carbocycles. The van der Waals surface area contributed by atoms with Gasteiger partial charge in [0, 0.05) is 18.3 Å². The van der Waals surface area contributed by atoms with E-state index in [-0.39, 0.29) is 18.5 Å². The summed E-state index contributed by atoms with van der Waals surface area (Å²) in [5.41, 5.74) is 0.695. The van der Waals surface area contributed by atoms with Crippen LogP contribution in [0.3, 0.4) is 0 Å². The molecule has 5 nitrogen and oxygen atoms in total. The number of likely N-dealkylation sites (N-methyl/N-ethyl adjacent to an activating group) is 1. The fraction of sp³-hybridized carbons (Fsp3) is 0.421. The van der Waals surface area contributed by atoms with Crippen molar-refractivity contribution in [3.63, 3.8) is 0 Å². The molecule has 3 aliphatic rings. The topological polar surface area (TPSA) is 57.1 Å². The molecule has 3 aliphatic heterocycles. The summed E-state index contributed by atoms with van der Waals surface area (Å²) in [7, 11) is 1.70. The molecule has 2 atom stereocenters. The summed E-state index contributed by atoms with van der Waals surface area (Å²) in [4.78, 5) is 14.7. The minimum Gasteiger partial charge on any atom is -0.340 e. The number of azo groups is 1. The van der Waals surface area contributed by atoms with E-state index in [1.807, 2.05) is 13.8 Å². The summed E-state index contributed by atoms with van der Waals surface area (Å²) in [6.07, 6.45) is -4.02. The van der Waals surface area contributed by atoms with Crippen molar-refractivity contribution in [2.24, 2.45) is 10.2 Å². The highest BCUT2D eigenvalue weighted by atomic mass is 19.4. The van der Waals surface area contributed by atoms with Gasteiger partial charge < -0.3 is 10.2 Å². The van der Waals surface area contributed by atoms with E-state index in [2.05, 4.69) is 15.5 Å². The number of dihydropyridines is 1. The van der Waals surface area contributed by atoms with Gasteiger partial charge in [0.05, 0.1) is 29.1 Å². The lowest BCUT2D eigenvalue weighted by molar-refractivity contribution is -0.137. The second-order valence-corrected chi connectivity index (χ2v) is 7.07. The van der Waals surface area contributed by atoms with Gasteiger partial charge in [-0.15, -0.1) is 5.11 Å². The maximum absolute atomic E-state index is 13.4. The van der Waals surface area contributed by atoms with E-state index in [4.69, 9.17) is 0 Å². The van der Waals surface area contributed by atoms with Crippen LogP contribution in [0.2, 0.25) is 0 Å². The van der Waals surface area contributed by atoms with Crippen molar-refractivity contribution < 1.29 is 18.0 Å². The Hall–Kier alpha value is -2.64. The quantitative estimate of drug-likeness (QED) is 0.855. The SMILES string of the molecule is CC[C@@]1(c2cccc(C(F)(F)F)c2)C2=C(N=NC2)NC2=C1C(=O)N(C)[C@@H]2C. The molecule has 0 saturated carbocycles. The predicted molar refractivity (Wildman–Crippen MR) is 92.6 cm³/mol. The van der Waals surface area contributed by atoms with E-state index in [9.17, 15) is 18.0 Å². The van der Waals surface area contributed by atoms with E-state index >= 15 is 0 Å². The summed E-state index contributed by atoms with van der Waals surface area (Å²) < 4.78 is 40.1. The summed E-state index contributed by atoms with van der Waals surface area (Å²) >= 11 is 0. The number of nitrogens with one attached hydrogen (secondary N) is 1. The Morgan fingerprint density at radius 2 is 2.11 bits per heavy atom. The standard InChI is InChI=1S/C19H19F3N4O/c1-4-18(11-6-5-7-12(8-11)19(20,21)22)13-9-23-25-16(13)24-15-10(2)26(3)17(27)14(15)18/h5-8,10,24H,4,9H2,1-3H3/t10-,18-/m1/s1. The fourth-order valence-electron chi connectivity index (χ4n) is 4.35. The Morgan fingerprint density at radius 3 is 2.78 bits per heavy atom. The van der Waals surface area contributed by atoms with Crippen molar-refractivity contribution in [2.45, 2.75) is 37.9 Å². The predicted octanol–water partition coefficient (Wildman–Crippen LogP) is 3.75. The summed E-state index contributed by atoms with van der Waals surface area (Å²) in [5, 5.41) is 11.4. The molecule has 1 N–H and O–H groups in total. The first-order valence-electron chi connectivity index (χ1n) is 8.79. The van der Waals surface area contributed by atoms with E-state index in [1.165, 1.54) is 6.07 Å². The summed E-state index contributed by atoms with van der Waals surface area (Å²) in [6, 6.07) is 5.04. The van der Waals surface area contributed by atoms with Crippen LogP contribution in [-0.4, -0.2) is 30.4 Å². The van der Waals surface area contributed by atoms with Crippen molar-refractivity contribution >= 4 is 5.91 Å². The normalized spacial score (nSPS) is 27.3. The van der Waals surface area contributed by atoms with Crippen LogP contribution >= 0.6 is 0 Å². The lowest BCUT2D eigenvalue weighted by Gasteiger charge is -2.39. The third kappa shape index (κ3) is 2.28. The molecule has 1 aromatic rings. The number of hydrogen-bond donors (Lipinski definition) is 1. The maximum Gasteiger partial charge on any atom is 0.416 e. The van der Waals surface area contributed by atoms with Crippen LogP contribution in [0.25, 0.3) is 0 Å². The summed E-state index contributed by atoms with van der Waals surface area (Å²) in [5.74, 6) is 0.366. The van der Waals surface area contributed by atoms with Crippen molar-refractivity contribution in [3.05, 3.63) is 58.1 Å². The molecule has 0 saturated heterocycles. The maximum atomic E-state index is 13.4. The number of benzene rings is 1. The van der Waals surface area contributed by atoms with Crippen LogP contribution in [0.1, 0.15) is 31.4 Å². The smallest absolute Gasteiger partial charge is 0.340 e. The largest absolute Gasteiger partial charge is 0.416 e.